The van der Waals surface area contributed by atoms with Gasteiger partial charge in [-0.25, -0.2) is 0 Å². The van der Waals surface area contributed by atoms with Crippen LogP contribution in [-0.4, -0.2) is 18.5 Å². The van der Waals surface area contributed by atoms with Gasteiger partial charge in [0, 0.05) is 17.1 Å². The van der Waals surface area contributed by atoms with Crippen LogP contribution in [0.3, 0.4) is 0 Å². The zero-order chi connectivity index (χ0) is 13.4. The Bertz CT molecular complexity index is 576. The van der Waals surface area contributed by atoms with Gasteiger partial charge in [-0.1, -0.05) is 11.6 Å². The fourth-order valence-corrected chi connectivity index (χ4v) is 2.57. The highest BCUT2D eigenvalue weighted by Gasteiger charge is 2.28. The number of nitrogens with zero attached hydrogens (tertiary/aromatic N) is 1. The van der Waals surface area contributed by atoms with Gasteiger partial charge in [0.25, 0.3) is 0 Å². The van der Waals surface area contributed by atoms with Gasteiger partial charge >= 0.3 is 0 Å². The van der Waals surface area contributed by atoms with Crippen molar-refractivity contribution in [1.29, 1.82) is 0 Å². The van der Waals surface area contributed by atoms with Crippen LogP contribution in [0.2, 0.25) is 5.02 Å². The van der Waals surface area contributed by atoms with E-state index in [4.69, 9.17) is 20.8 Å². The maximum atomic E-state index is 6.06. The molecule has 19 heavy (non-hydrogen) atoms. The van der Waals surface area contributed by atoms with Crippen LogP contribution in [0.15, 0.2) is 34.7 Å². The standard InChI is InChI=1S/C15H16ClNO2/c1-10-7-13-14(18-10)8-17(2)9-15(13)19-12-5-3-11(16)4-6-12/h3-7,15H,8-9H2,1-2H3. The average molecular weight is 278 g/mol. The molecule has 3 nitrogen and oxygen atoms in total. The van der Waals surface area contributed by atoms with E-state index in [1.165, 1.54) is 0 Å². The van der Waals surface area contributed by atoms with E-state index in [1.807, 2.05) is 31.2 Å². The predicted molar refractivity (Wildman–Crippen MR) is 74.6 cm³/mol. The quantitative estimate of drug-likeness (QED) is 0.835. The fraction of sp³-hybridized carbons (Fsp3) is 0.333. The Kier molecular flexibility index (Phi) is 3.25. The van der Waals surface area contributed by atoms with E-state index in [2.05, 4.69) is 18.0 Å². The summed E-state index contributed by atoms with van der Waals surface area (Å²) in [4.78, 5) is 2.20. The monoisotopic (exact) mass is 277 g/mol. The third-order valence-electron chi connectivity index (χ3n) is 3.29. The second-order valence-corrected chi connectivity index (χ2v) is 5.43. The molecule has 0 amide bonds. The number of halogens is 1. The van der Waals surface area contributed by atoms with E-state index >= 15 is 0 Å². The molecular formula is C15H16ClNO2. The van der Waals surface area contributed by atoms with E-state index in [0.717, 1.165) is 35.9 Å². The average Bonchev–Trinajstić information content (AvgIpc) is 2.72. The molecule has 1 unspecified atom stereocenters. The number of rotatable bonds is 2. The Morgan fingerprint density at radius 3 is 2.79 bits per heavy atom. The van der Waals surface area contributed by atoms with Crippen LogP contribution in [0.5, 0.6) is 5.75 Å². The van der Waals surface area contributed by atoms with Crippen LogP contribution in [0.25, 0.3) is 0 Å². The third kappa shape index (κ3) is 2.62. The summed E-state index contributed by atoms with van der Waals surface area (Å²) in [5.41, 5.74) is 1.16. The number of benzene rings is 1. The van der Waals surface area contributed by atoms with E-state index in [0.29, 0.717) is 5.02 Å². The van der Waals surface area contributed by atoms with Gasteiger partial charge in [-0.3, -0.25) is 4.90 Å². The van der Waals surface area contributed by atoms with Gasteiger partial charge in [0.05, 0.1) is 6.54 Å². The second-order valence-electron chi connectivity index (χ2n) is 4.99. The van der Waals surface area contributed by atoms with Gasteiger partial charge in [-0.2, -0.15) is 0 Å². The second kappa shape index (κ2) is 4.91. The minimum atomic E-state index is 0.00683. The molecule has 1 aliphatic rings. The minimum absolute atomic E-state index is 0.00683. The highest BCUT2D eigenvalue weighted by molar-refractivity contribution is 6.30. The lowest BCUT2D eigenvalue weighted by atomic mass is 10.1. The summed E-state index contributed by atoms with van der Waals surface area (Å²) in [6, 6.07) is 9.53. The molecule has 0 spiro atoms. The summed E-state index contributed by atoms with van der Waals surface area (Å²) in [7, 11) is 2.07. The number of likely N-dealkylation sites (N-methyl/N-ethyl adjacent to an activating group) is 1. The first-order valence-corrected chi connectivity index (χ1v) is 6.69. The molecule has 100 valence electrons. The maximum Gasteiger partial charge on any atom is 0.140 e. The van der Waals surface area contributed by atoms with Crippen LogP contribution in [0, 0.1) is 6.92 Å². The molecule has 0 N–H and O–H groups in total. The molecule has 1 aliphatic heterocycles. The summed E-state index contributed by atoms with van der Waals surface area (Å²) in [5, 5.41) is 0.716. The molecular weight excluding hydrogens is 262 g/mol. The summed E-state index contributed by atoms with van der Waals surface area (Å²) < 4.78 is 11.8. The van der Waals surface area contributed by atoms with E-state index in [9.17, 15) is 0 Å². The van der Waals surface area contributed by atoms with E-state index in [1.54, 1.807) is 0 Å². The van der Waals surface area contributed by atoms with Crippen LogP contribution < -0.4 is 4.74 Å². The molecule has 0 fully saturated rings. The van der Waals surface area contributed by atoms with Crippen molar-refractivity contribution in [1.82, 2.24) is 4.90 Å². The van der Waals surface area contributed by atoms with Gasteiger partial charge in [0.15, 0.2) is 0 Å². The van der Waals surface area contributed by atoms with Gasteiger partial charge < -0.3 is 9.15 Å². The number of hydrogen-bond donors (Lipinski definition) is 0. The van der Waals surface area contributed by atoms with Crippen LogP contribution >= 0.6 is 11.6 Å². The van der Waals surface area contributed by atoms with Crippen LogP contribution in [0.4, 0.5) is 0 Å². The topological polar surface area (TPSA) is 25.6 Å². The largest absolute Gasteiger partial charge is 0.484 e. The summed E-state index contributed by atoms with van der Waals surface area (Å²) in [6.45, 7) is 3.66. The van der Waals surface area contributed by atoms with Crippen LogP contribution in [0.1, 0.15) is 23.2 Å². The van der Waals surface area contributed by atoms with Crippen molar-refractivity contribution in [3.05, 3.63) is 52.4 Å². The Morgan fingerprint density at radius 2 is 2.05 bits per heavy atom. The highest BCUT2D eigenvalue weighted by atomic mass is 35.5. The number of aryl methyl sites for hydroxylation is 1. The molecule has 1 atom stereocenters. The smallest absolute Gasteiger partial charge is 0.140 e. The van der Waals surface area contributed by atoms with Crippen molar-refractivity contribution < 1.29 is 9.15 Å². The first kappa shape index (κ1) is 12.6. The summed E-state index contributed by atoms with van der Waals surface area (Å²) >= 11 is 5.88. The number of furan rings is 1. The summed E-state index contributed by atoms with van der Waals surface area (Å²) in [6.07, 6.45) is 0.00683. The number of hydrogen-bond acceptors (Lipinski definition) is 3. The van der Waals surface area contributed by atoms with Crippen LogP contribution in [-0.2, 0) is 6.54 Å². The van der Waals surface area contributed by atoms with Crippen molar-refractivity contribution >= 4 is 11.6 Å². The van der Waals surface area contributed by atoms with Gasteiger partial charge in [0.1, 0.15) is 23.4 Å². The lowest BCUT2D eigenvalue weighted by Crippen LogP contribution is -2.32. The lowest BCUT2D eigenvalue weighted by Gasteiger charge is -2.29. The Balaban J connectivity index is 1.86. The van der Waals surface area contributed by atoms with Crippen molar-refractivity contribution in [3.8, 4) is 5.75 Å². The lowest BCUT2D eigenvalue weighted by molar-refractivity contribution is 0.119. The number of ether oxygens (including phenoxy) is 1. The molecule has 0 saturated heterocycles. The van der Waals surface area contributed by atoms with Gasteiger partial charge in [0.2, 0.25) is 0 Å². The SMILES string of the molecule is Cc1cc2c(o1)CN(C)CC2Oc1ccc(Cl)cc1. The fourth-order valence-electron chi connectivity index (χ4n) is 2.45. The van der Waals surface area contributed by atoms with Crippen molar-refractivity contribution in [2.75, 3.05) is 13.6 Å². The molecule has 1 aromatic carbocycles. The number of fused-ring (bicyclic) bond motifs is 1. The Morgan fingerprint density at radius 1 is 1.32 bits per heavy atom. The molecule has 1 aromatic heterocycles. The molecule has 0 bridgehead atoms. The first-order chi connectivity index (χ1) is 9.11. The molecule has 3 rings (SSSR count). The van der Waals surface area contributed by atoms with Gasteiger partial charge in [-0.15, -0.1) is 0 Å². The van der Waals surface area contributed by atoms with Gasteiger partial charge in [-0.05, 0) is 44.3 Å². The van der Waals surface area contributed by atoms with Crippen molar-refractivity contribution in [2.45, 2.75) is 19.6 Å². The molecule has 0 radical (unpaired) electrons. The molecule has 2 heterocycles. The third-order valence-corrected chi connectivity index (χ3v) is 3.55. The Labute approximate surface area is 117 Å². The zero-order valence-electron chi connectivity index (χ0n) is 11.0. The normalized spacial score (nSPS) is 19.2. The molecule has 0 saturated carbocycles. The molecule has 0 aliphatic carbocycles. The Hall–Kier alpha value is -1.45. The minimum Gasteiger partial charge on any atom is -0.484 e. The van der Waals surface area contributed by atoms with E-state index < -0.39 is 0 Å². The maximum absolute atomic E-state index is 6.06. The predicted octanol–water partition coefficient (Wildman–Crippen LogP) is 3.81. The first-order valence-electron chi connectivity index (χ1n) is 6.32. The molecule has 4 heteroatoms. The van der Waals surface area contributed by atoms with Crippen molar-refractivity contribution in [3.63, 3.8) is 0 Å². The summed E-state index contributed by atoms with van der Waals surface area (Å²) in [5.74, 6) is 2.77. The molecule has 2 aromatic rings. The zero-order valence-corrected chi connectivity index (χ0v) is 11.8. The van der Waals surface area contributed by atoms with Crippen molar-refractivity contribution in [2.24, 2.45) is 0 Å². The highest BCUT2D eigenvalue weighted by Crippen LogP contribution is 2.32. The van der Waals surface area contributed by atoms with E-state index in [-0.39, 0.29) is 6.10 Å².